The van der Waals surface area contributed by atoms with E-state index in [0.717, 1.165) is 27.4 Å². The van der Waals surface area contributed by atoms with Crippen molar-refractivity contribution < 1.29 is 9.59 Å². The first-order valence-electron chi connectivity index (χ1n) is 9.95. The van der Waals surface area contributed by atoms with Crippen LogP contribution >= 0.6 is 11.3 Å². The van der Waals surface area contributed by atoms with E-state index in [2.05, 4.69) is 16.1 Å². The van der Waals surface area contributed by atoms with Gasteiger partial charge in [0.05, 0.1) is 24.2 Å². The number of thiophene rings is 1. The maximum absolute atomic E-state index is 13.0. The molecular formula is C23H22N4O2S. The number of anilines is 2. The minimum Gasteiger partial charge on any atom is -0.384 e. The molecule has 0 saturated carbocycles. The van der Waals surface area contributed by atoms with E-state index in [0.29, 0.717) is 18.7 Å². The van der Waals surface area contributed by atoms with E-state index < -0.39 is 0 Å². The van der Waals surface area contributed by atoms with E-state index >= 15 is 0 Å². The molecule has 0 radical (unpaired) electrons. The maximum Gasteiger partial charge on any atom is 0.251 e. The highest BCUT2D eigenvalue weighted by atomic mass is 32.1. The van der Waals surface area contributed by atoms with Crippen LogP contribution in [0.1, 0.15) is 32.4 Å². The molecule has 2 unspecified atom stereocenters. The Bertz CT molecular complexity index is 1090. The molecule has 2 amide bonds. The molecule has 2 aliphatic rings. The van der Waals surface area contributed by atoms with Crippen LogP contribution in [0.5, 0.6) is 0 Å². The lowest BCUT2D eigenvalue weighted by atomic mass is 9.88. The lowest BCUT2D eigenvalue weighted by molar-refractivity contribution is -0.120. The van der Waals surface area contributed by atoms with Crippen LogP contribution in [-0.4, -0.2) is 18.4 Å². The van der Waals surface area contributed by atoms with Gasteiger partial charge < -0.3 is 10.6 Å². The minimum absolute atomic E-state index is 0.0366. The molecule has 0 aliphatic carbocycles. The first kappa shape index (κ1) is 18.8. The summed E-state index contributed by atoms with van der Waals surface area (Å²) in [6.45, 7) is 3.10. The molecule has 2 aromatic carbocycles. The molecule has 3 heterocycles. The van der Waals surface area contributed by atoms with Gasteiger partial charge in [0.25, 0.3) is 5.91 Å². The van der Waals surface area contributed by atoms with Crippen molar-refractivity contribution in [1.29, 1.82) is 0 Å². The summed E-state index contributed by atoms with van der Waals surface area (Å²) in [5, 5.41) is 9.95. The first-order valence-corrected chi connectivity index (χ1v) is 10.8. The largest absolute Gasteiger partial charge is 0.384 e. The van der Waals surface area contributed by atoms with Crippen molar-refractivity contribution in [2.24, 2.45) is 5.92 Å². The zero-order valence-corrected chi connectivity index (χ0v) is 17.3. The molecule has 2 atom stereocenters. The van der Waals surface area contributed by atoms with Crippen LogP contribution in [0, 0.1) is 12.8 Å². The Kier molecular flexibility index (Phi) is 4.77. The van der Waals surface area contributed by atoms with Gasteiger partial charge in [-0.1, -0.05) is 23.8 Å². The van der Waals surface area contributed by atoms with Crippen molar-refractivity contribution in [3.8, 4) is 0 Å². The van der Waals surface area contributed by atoms with E-state index in [1.165, 1.54) is 0 Å². The van der Waals surface area contributed by atoms with E-state index in [1.807, 2.05) is 66.9 Å². The molecule has 0 spiro atoms. The van der Waals surface area contributed by atoms with Gasteiger partial charge in [-0.15, -0.1) is 11.3 Å². The molecule has 0 bridgehead atoms. The van der Waals surface area contributed by atoms with Gasteiger partial charge >= 0.3 is 0 Å². The predicted octanol–water partition coefficient (Wildman–Crippen LogP) is 3.62. The number of hydrogen-bond donors (Lipinski definition) is 3. The second kappa shape index (κ2) is 7.59. The van der Waals surface area contributed by atoms with Crippen LogP contribution in [0.15, 0.2) is 60.0 Å². The van der Waals surface area contributed by atoms with Crippen molar-refractivity contribution in [1.82, 2.24) is 10.7 Å². The van der Waals surface area contributed by atoms with Gasteiger partial charge in [-0.3, -0.25) is 9.59 Å². The van der Waals surface area contributed by atoms with Gasteiger partial charge in [-0.05, 0) is 54.3 Å². The van der Waals surface area contributed by atoms with Crippen molar-refractivity contribution in [3.63, 3.8) is 0 Å². The second-order valence-corrected chi connectivity index (χ2v) is 8.70. The van der Waals surface area contributed by atoms with Gasteiger partial charge in [-0.2, -0.15) is 0 Å². The topological polar surface area (TPSA) is 73.5 Å². The summed E-state index contributed by atoms with van der Waals surface area (Å²) in [5.74, 6) is -0.300. The summed E-state index contributed by atoms with van der Waals surface area (Å²) < 4.78 is 0. The number of benzene rings is 2. The Hall–Kier alpha value is -3.16. The molecule has 2 aliphatic heterocycles. The van der Waals surface area contributed by atoms with Crippen LogP contribution in [-0.2, 0) is 11.3 Å². The van der Waals surface area contributed by atoms with E-state index in [-0.39, 0.29) is 23.8 Å². The average Bonchev–Trinajstić information content (AvgIpc) is 3.40. The summed E-state index contributed by atoms with van der Waals surface area (Å²) in [6, 6.07) is 17.3. The molecule has 3 N–H and O–H groups in total. The van der Waals surface area contributed by atoms with E-state index in [9.17, 15) is 9.59 Å². The number of hydrazine groups is 1. The van der Waals surface area contributed by atoms with E-state index in [4.69, 9.17) is 0 Å². The van der Waals surface area contributed by atoms with Crippen LogP contribution in [0.4, 0.5) is 11.4 Å². The third-order valence-corrected chi connectivity index (χ3v) is 6.54. The Morgan fingerprint density at radius 2 is 2.03 bits per heavy atom. The summed E-state index contributed by atoms with van der Waals surface area (Å²) in [4.78, 5) is 26.8. The molecule has 30 heavy (non-hydrogen) atoms. The predicted molar refractivity (Wildman–Crippen MR) is 118 cm³/mol. The van der Waals surface area contributed by atoms with Crippen LogP contribution in [0.25, 0.3) is 0 Å². The highest BCUT2D eigenvalue weighted by Crippen LogP contribution is 2.39. The molecule has 3 aromatic rings. The van der Waals surface area contributed by atoms with Gasteiger partial charge in [0.15, 0.2) is 0 Å². The fraction of sp³-hybridized carbons (Fsp3) is 0.217. The average molecular weight is 419 g/mol. The number of nitrogens with zero attached hydrogens (tertiary/aromatic N) is 1. The number of carbonyl (C=O) groups excluding carboxylic acids is 2. The molecule has 5 rings (SSSR count). The third-order valence-electron chi connectivity index (χ3n) is 5.66. The smallest absolute Gasteiger partial charge is 0.251 e. The summed E-state index contributed by atoms with van der Waals surface area (Å²) in [6.07, 6.45) is 0. The highest BCUT2D eigenvalue weighted by molar-refractivity contribution is 7.09. The first-order chi connectivity index (χ1) is 14.6. The molecule has 1 fully saturated rings. The zero-order valence-electron chi connectivity index (χ0n) is 16.5. The van der Waals surface area contributed by atoms with Crippen molar-refractivity contribution in [2.75, 3.05) is 16.9 Å². The normalized spacial score (nSPS) is 19.8. The number of aryl methyl sites for hydroxylation is 1. The van der Waals surface area contributed by atoms with Crippen LogP contribution in [0.2, 0.25) is 0 Å². The summed E-state index contributed by atoms with van der Waals surface area (Å²) >= 11 is 1.62. The lowest BCUT2D eigenvalue weighted by Gasteiger charge is -2.27. The number of amides is 2. The molecule has 7 heteroatoms. The maximum atomic E-state index is 13.0. The van der Waals surface area contributed by atoms with Gasteiger partial charge in [0, 0.05) is 22.7 Å². The minimum atomic E-state index is -0.219. The van der Waals surface area contributed by atoms with Crippen molar-refractivity contribution in [2.45, 2.75) is 19.5 Å². The van der Waals surface area contributed by atoms with Crippen molar-refractivity contribution in [3.05, 3.63) is 81.5 Å². The van der Waals surface area contributed by atoms with Crippen LogP contribution in [0.3, 0.4) is 0 Å². The number of carbonyl (C=O) groups is 2. The van der Waals surface area contributed by atoms with E-state index in [1.54, 1.807) is 16.3 Å². The van der Waals surface area contributed by atoms with Crippen molar-refractivity contribution >= 4 is 34.5 Å². The van der Waals surface area contributed by atoms with Gasteiger partial charge in [-0.25, -0.2) is 10.4 Å². The molecule has 152 valence electrons. The van der Waals surface area contributed by atoms with Gasteiger partial charge in [0.2, 0.25) is 5.91 Å². The molecule has 6 nitrogen and oxygen atoms in total. The SMILES string of the molecule is Cc1ccc(N2NC3c4cc(C(=O)NCc5cccs5)ccc4NCC3C2=O)cc1. The fourth-order valence-corrected chi connectivity index (χ4v) is 4.66. The van der Waals surface area contributed by atoms with Gasteiger partial charge in [0.1, 0.15) is 0 Å². The standard InChI is InChI=1S/C23H22N4O2S/c1-14-4-7-16(8-5-14)27-23(29)19-13-24-20-9-6-15(11-18(20)21(19)26-27)22(28)25-12-17-3-2-10-30-17/h2-11,19,21,24,26H,12-13H2,1H3,(H,25,28). The molecule has 1 aromatic heterocycles. The Morgan fingerprint density at radius 1 is 1.20 bits per heavy atom. The van der Waals surface area contributed by atoms with Crippen LogP contribution < -0.4 is 21.1 Å². The number of rotatable bonds is 4. The number of fused-ring (bicyclic) bond motifs is 3. The Labute approximate surface area is 178 Å². The summed E-state index contributed by atoms with van der Waals surface area (Å²) in [5.41, 5.74) is 7.83. The Balaban J connectivity index is 1.39. The monoisotopic (exact) mass is 418 g/mol. The lowest BCUT2D eigenvalue weighted by Crippen LogP contribution is -2.35. The quantitative estimate of drug-likeness (QED) is 0.605. The zero-order chi connectivity index (χ0) is 20.7. The number of hydrogen-bond acceptors (Lipinski definition) is 5. The highest BCUT2D eigenvalue weighted by Gasteiger charge is 2.44. The Morgan fingerprint density at radius 3 is 2.80 bits per heavy atom. The third kappa shape index (κ3) is 3.36. The number of nitrogens with one attached hydrogen (secondary N) is 3. The fourth-order valence-electron chi connectivity index (χ4n) is 4.01. The summed E-state index contributed by atoms with van der Waals surface area (Å²) in [7, 11) is 0. The molecular weight excluding hydrogens is 396 g/mol. The molecule has 1 saturated heterocycles. The second-order valence-electron chi connectivity index (χ2n) is 7.67.